The van der Waals surface area contributed by atoms with Gasteiger partial charge in [0.25, 0.3) is 0 Å². The van der Waals surface area contributed by atoms with Crippen LogP contribution < -0.4 is 5.73 Å². The lowest BCUT2D eigenvalue weighted by Crippen LogP contribution is -2.22. The molecule has 0 saturated heterocycles. The van der Waals surface area contributed by atoms with Crippen molar-refractivity contribution in [2.75, 3.05) is 5.73 Å². The quantitative estimate of drug-likeness (QED) is 0.345. The third-order valence-electron chi connectivity index (χ3n) is 5.81. The van der Waals surface area contributed by atoms with Gasteiger partial charge in [0.2, 0.25) is 0 Å². The Bertz CT molecular complexity index is 1480. The first-order valence-corrected chi connectivity index (χ1v) is 10.3. The van der Waals surface area contributed by atoms with E-state index in [1.807, 2.05) is 13.8 Å². The fourth-order valence-electron chi connectivity index (χ4n) is 4.29. The highest BCUT2D eigenvalue weighted by Crippen LogP contribution is 2.46. The van der Waals surface area contributed by atoms with E-state index in [1.54, 1.807) is 16.7 Å². The number of nitrogen functional groups attached to an aromatic ring is 1. The maximum Gasteiger partial charge on any atom is 0.335 e. The van der Waals surface area contributed by atoms with Crippen LogP contribution in [0, 0.1) is 28.8 Å². The first-order valence-electron chi connectivity index (χ1n) is 10.3. The van der Waals surface area contributed by atoms with E-state index in [2.05, 4.69) is 6.07 Å². The third-order valence-corrected chi connectivity index (χ3v) is 5.81. The van der Waals surface area contributed by atoms with E-state index in [9.17, 15) is 28.3 Å². The summed E-state index contributed by atoms with van der Waals surface area (Å²) in [7, 11) is 0. The van der Waals surface area contributed by atoms with Crippen molar-refractivity contribution < 1.29 is 23.1 Å². The van der Waals surface area contributed by atoms with Gasteiger partial charge in [-0.05, 0) is 42.0 Å². The predicted octanol–water partition coefficient (Wildman–Crippen LogP) is 6.19. The number of nitrogens with two attached hydrogens (primary N) is 1. The summed E-state index contributed by atoms with van der Waals surface area (Å²) in [5, 5.41) is 19.3. The number of rotatable bonds is 5. The summed E-state index contributed by atoms with van der Waals surface area (Å²) >= 11 is 0. The van der Waals surface area contributed by atoms with Gasteiger partial charge in [0, 0.05) is 45.9 Å². The average Bonchev–Trinajstić information content (AvgIpc) is 3.12. The Hall–Kier alpha value is -4.25. The highest BCUT2D eigenvalue weighted by molar-refractivity contribution is 6.07. The van der Waals surface area contributed by atoms with Crippen molar-refractivity contribution in [2.45, 2.75) is 25.7 Å². The molecule has 0 unspecified atom stereocenters. The van der Waals surface area contributed by atoms with E-state index in [0.717, 1.165) is 18.2 Å². The number of hydrogen-bond acceptors (Lipinski definition) is 3. The molecule has 0 fully saturated rings. The molecule has 1 aromatic heterocycles. The summed E-state index contributed by atoms with van der Waals surface area (Å²) in [6, 6.07) is 13.9. The number of carbonyl (C=O) groups is 1. The zero-order valence-corrected chi connectivity index (χ0v) is 18.4. The number of nitrogens with zero attached hydrogens (tertiary/aromatic N) is 2. The minimum absolute atomic E-state index is 0.0512. The number of carboxylic acids is 1. The molecule has 4 aromatic rings. The van der Waals surface area contributed by atoms with Crippen molar-refractivity contribution in [1.29, 1.82) is 5.26 Å². The highest BCUT2D eigenvalue weighted by Gasteiger charge is 2.33. The number of anilines is 1. The highest BCUT2D eigenvalue weighted by atomic mass is 19.2. The summed E-state index contributed by atoms with van der Waals surface area (Å²) in [6.07, 6.45) is 0.0512. The van der Waals surface area contributed by atoms with Crippen LogP contribution in [0.2, 0.25) is 0 Å². The standard InChI is InChI=1S/C26H20F3N3O2/c1-26(2,9-10-30)24-22(14-3-5-15(6-4-14)25(33)34)23-20(31)11-16(27)12-21(23)32(24)17-7-8-18(28)19(29)13-17/h3-8,11-13H,9,31H2,1-2H3,(H,33,34). The average molecular weight is 463 g/mol. The molecule has 8 heteroatoms. The molecule has 0 saturated carbocycles. The van der Waals surface area contributed by atoms with Gasteiger partial charge in [-0.2, -0.15) is 5.26 Å². The summed E-state index contributed by atoms with van der Waals surface area (Å²) in [5.74, 6) is -3.83. The van der Waals surface area contributed by atoms with Crippen molar-refractivity contribution >= 4 is 22.6 Å². The normalized spacial score (nSPS) is 11.5. The van der Waals surface area contributed by atoms with Crippen LogP contribution in [0.15, 0.2) is 54.6 Å². The summed E-state index contributed by atoms with van der Waals surface area (Å²) in [4.78, 5) is 11.3. The topological polar surface area (TPSA) is 92.0 Å². The van der Waals surface area contributed by atoms with Gasteiger partial charge in [0.1, 0.15) is 5.82 Å². The molecule has 0 bridgehead atoms. The number of nitriles is 1. The van der Waals surface area contributed by atoms with E-state index < -0.39 is 28.8 Å². The largest absolute Gasteiger partial charge is 0.478 e. The molecule has 0 amide bonds. The monoisotopic (exact) mass is 463 g/mol. The lowest BCUT2D eigenvalue weighted by Gasteiger charge is -2.26. The molecular weight excluding hydrogens is 443 g/mol. The van der Waals surface area contributed by atoms with E-state index in [0.29, 0.717) is 27.7 Å². The van der Waals surface area contributed by atoms with Gasteiger partial charge >= 0.3 is 5.97 Å². The van der Waals surface area contributed by atoms with Crippen LogP contribution in [0.3, 0.4) is 0 Å². The van der Waals surface area contributed by atoms with Crippen LogP contribution in [0.25, 0.3) is 27.7 Å². The van der Waals surface area contributed by atoms with Crippen molar-refractivity contribution in [3.63, 3.8) is 0 Å². The van der Waals surface area contributed by atoms with Crippen LogP contribution in [0.4, 0.5) is 18.9 Å². The molecule has 34 heavy (non-hydrogen) atoms. The van der Waals surface area contributed by atoms with E-state index in [4.69, 9.17) is 5.73 Å². The number of benzene rings is 3. The third kappa shape index (κ3) is 3.75. The summed E-state index contributed by atoms with van der Waals surface area (Å²) < 4.78 is 44.1. The maximum atomic E-state index is 14.5. The Labute approximate surface area is 193 Å². The van der Waals surface area contributed by atoms with Gasteiger partial charge in [0.05, 0.1) is 17.1 Å². The Morgan fingerprint density at radius 2 is 1.74 bits per heavy atom. The van der Waals surface area contributed by atoms with Crippen LogP contribution in [0.1, 0.15) is 36.3 Å². The first-order chi connectivity index (χ1) is 16.0. The Kier molecular flexibility index (Phi) is 5.57. The molecule has 0 atom stereocenters. The Morgan fingerprint density at radius 1 is 1.06 bits per heavy atom. The van der Waals surface area contributed by atoms with Crippen molar-refractivity contribution in [2.24, 2.45) is 0 Å². The number of aromatic carboxylic acids is 1. The fraction of sp³-hybridized carbons (Fsp3) is 0.154. The van der Waals surface area contributed by atoms with Gasteiger partial charge in [-0.1, -0.05) is 26.0 Å². The SMILES string of the molecule is CC(C)(CC#N)c1c(-c2ccc(C(=O)O)cc2)c2c(N)cc(F)cc2n1-c1ccc(F)c(F)c1. The van der Waals surface area contributed by atoms with Gasteiger partial charge < -0.3 is 15.4 Å². The fourth-order valence-corrected chi connectivity index (χ4v) is 4.29. The van der Waals surface area contributed by atoms with Crippen LogP contribution in [-0.2, 0) is 5.41 Å². The zero-order valence-electron chi connectivity index (χ0n) is 18.4. The zero-order chi connectivity index (χ0) is 24.8. The second-order valence-electron chi connectivity index (χ2n) is 8.65. The van der Waals surface area contributed by atoms with Crippen LogP contribution in [-0.4, -0.2) is 15.6 Å². The summed E-state index contributed by atoms with van der Waals surface area (Å²) in [5.41, 5.74) is 7.79. The van der Waals surface area contributed by atoms with E-state index >= 15 is 0 Å². The van der Waals surface area contributed by atoms with Crippen molar-refractivity contribution in [3.05, 3.63) is 83.3 Å². The van der Waals surface area contributed by atoms with E-state index in [-0.39, 0.29) is 23.4 Å². The molecule has 0 aliphatic rings. The number of aromatic nitrogens is 1. The number of fused-ring (bicyclic) bond motifs is 1. The molecule has 3 N–H and O–H groups in total. The van der Waals surface area contributed by atoms with Gasteiger partial charge in [-0.15, -0.1) is 0 Å². The molecule has 4 rings (SSSR count). The maximum absolute atomic E-state index is 14.5. The molecule has 0 aliphatic heterocycles. The molecular formula is C26H20F3N3O2. The van der Waals surface area contributed by atoms with E-state index in [1.165, 1.54) is 24.3 Å². The molecule has 5 nitrogen and oxygen atoms in total. The molecule has 0 radical (unpaired) electrons. The van der Waals surface area contributed by atoms with Crippen molar-refractivity contribution in [1.82, 2.24) is 4.57 Å². The Morgan fingerprint density at radius 3 is 2.32 bits per heavy atom. The number of halogens is 3. The molecule has 0 aliphatic carbocycles. The summed E-state index contributed by atoms with van der Waals surface area (Å²) in [6.45, 7) is 3.62. The minimum atomic E-state index is -1.10. The molecule has 3 aromatic carbocycles. The van der Waals surface area contributed by atoms with Gasteiger partial charge in [-0.3, -0.25) is 0 Å². The van der Waals surface area contributed by atoms with Gasteiger partial charge in [0.15, 0.2) is 11.6 Å². The second kappa shape index (κ2) is 8.27. The lowest BCUT2D eigenvalue weighted by atomic mass is 9.81. The smallest absolute Gasteiger partial charge is 0.335 e. The number of hydrogen-bond donors (Lipinski definition) is 2. The minimum Gasteiger partial charge on any atom is -0.478 e. The predicted molar refractivity (Wildman–Crippen MR) is 123 cm³/mol. The lowest BCUT2D eigenvalue weighted by molar-refractivity contribution is 0.0697. The molecule has 0 spiro atoms. The van der Waals surface area contributed by atoms with Crippen molar-refractivity contribution in [3.8, 4) is 22.9 Å². The van der Waals surface area contributed by atoms with Crippen LogP contribution >= 0.6 is 0 Å². The van der Waals surface area contributed by atoms with Gasteiger partial charge in [-0.25, -0.2) is 18.0 Å². The second-order valence-corrected chi connectivity index (χ2v) is 8.65. The molecule has 1 heterocycles. The molecule has 172 valence electrons. The Balaban J connectivity index is 2.21. The van der Waals surface area contributed by atoms with Crippen LogP contribution in [0.5, 0.6) is 0 Å². The first kappa shape index (κ1) is 22.9. The number of carboxylic acid groups (broad SMARTS) is 1.